The summed E-state index contributed by atoms with van der Waals surface area (Å²) in [4.78, 5) is 0. The Bertz CT molecular complexity index is 105. The van der Waals surface area contributed by atoms with Crippen LogP contribution >= 0.6 is 0 Å². The van der Waals surface area contributed by atoms with E-state index in [4.69, 9.17) is 5.11 Å². The van der Waals surface area contributed by atoms with Crippen molar-refractivity contribution in [1.82, 2.24) is 5.32 Å². The minimum atomic E-state index is -0.153. The van der Waals surface area contributed by atoms with Crippen LogP contribution in [0, 0.1) is 0 Å². The van der Waals surface area contributed by atoms with E-state index in [0.29, 0.717) is 0 Å². The number of aliphatic hydroxyl groups is 1. The van der Waals surface area contributed by atoms with Gasteiger partial charge in [0.25, 0.3) is 0 Å². The van der Waals surface area contributed by atoms with Crippen molar-refractivity contribution in [2.45, 2.75) is 18.4 Å². The third-order valence-electron chi connectivity index (χ3n) is 1.95. The minimum absolute atomic E-state index is 0.153. The largest absolute Gasteiger partial charge is 0.394 e. The molecule has 52 valence electrons. The van der Waals surface area contributed by atoms with Crippen LogP contribution in [0.15, 0.2) is 12.7 Å². The Balaban J connectivity index is 2.55. The van der Waals surface area contributed by atoms with Crippen LogP contribution in [-0.4, -0.2) is 23.8 Å². The lowest BCUT2D eigenvalue weighted by Crippen LogP contribution is -2.40. The van der Waals surface area contributed by atoms with Crippen LogP contribution in [0.4, 0.5) is 0 Å². The van der Waals surface area contributed by atoms with Gasteiger partial charge in [0.05, 0.1) is 12.1 Å². The van der Waals surface area contributed by atoms with E-state index in [1.165, 1.54) is 0 Å². The lowest BCUT2D eigenvalue weighted by Gasteiger charge is -2.21. The fourth-order valence-electron chi connectivity index (χ4n) is 1.20. The van der Waals surface area contributed by atoms with Crippen molar-refractivity contribution in [1.29, 1.82) is 0 Å². The summed E-state index contributed by atoms with van der Waals surface area (Å²) >= 11 is 0. The van der Waals surface area contributed by atoms with Crippen LogP contribution in [0.25, 0.3) is 0 Å². The fraction of sp³-hybridized carbons (Fsp3) is 0.714. The summed E-state index contributed by atoms with van der Waals surface area (Å²) < 4.78 is 0. The summed E-state index contributed by atoms with van der Waals surface area (Å²) in [7, 11) is 0. The van der Waals surface area contributed by atoms with E-state index in [2.05, 4.69) is 11.9 Å². The van der Waals surface area contributed by atoms with Gasteiger partial charge in [-0.05, 0) is 19.4 Å². The van der Waals surface area contributed by atoms with Crippen LogP contribution in [0.2, 0.25) is 0 Å². The maximum Gasteiger partial charge on any atom is 0.0649 e. The highest BCUT2D eigenvalue weighted by Gasteiger charge is 2.28. The van der Waals surface area contributed by atoms with E-state index in [9.17, 15) is 0 Å². The monoisotopic (exact) mass is 127 g/mol. The van der Waals surface area contributed by atoms with Crippen molar-refractivity contribution in [3.8, 4) is 0 Å². The van der Waals surface area contributed by atoms with Gasteiger partial charge in [-0.2, -0.15) is 0 Å². The molecule has 9 heavy (non-hydrogen) atoms. The Morgan fingerprint density at radius 3 is 2.78 bits per heavy atom. The standard InChI is InChI=1S/C7H13NO/c1-2-7(6-9)4-3-5-8-7/h2,8-9H,1,3-6H2/t7-/m0/s1. The summed E-state index contributed by atoms with van der Waals surface area (Å²) in [6, 6.07) is 0. The molecule has 0 bridgehead atoms. The molecule has 0 aromatic heterocycles. The molecule has 0 aliphatic carbocycles. The molecule has 2 N–H and O–H groups in total. The SMILES string of the molecule is C=C[C@@]1(CO)CCCN1. The maximum atomic E-state index is 8.88. The first-order chi connectivity index (χ1) is 4.33. The van der Waals surface area contributed by atoms with Gasteiger partial charge in [0.15, 0.2) is 0 Å². The minimum Gasteiger partial charge on any atom is -0.394 e. The van der Waals surface area contributed by atoms with Gasteiger partial charge in [-0.25, -0.2) is 0 Å². The smallest absolute Gasteiger partial charge is 0.0649 e. The summed E-state index contributed by atoms with van der Waals surface area (Å²) in [5.41, 5.74) is -0.153. The molecule has 0 spiro atoms. The Morgan fingerprint density at radius 2 is 2.56 bits per heavy atom. The quantitative estimate of drug-likeness (QED) is 0.522. The lowest BCUT2D eigenvalue weighted by molar-refractivity contribution is 0.212. The van der Waals surface area contributed by atoms with Crippen molar-refractivity contribution >= 4 is 0 Å². The number of nitrogens with one attached hydrogen (secondary N) is 1. The molecule has 0 amide bonds. The van der Waals surface area contributed by atoms with Crippen molar-refractivity contribution in [2.75, 3.05) is 13.2 Å². The first-order valence-corrected chi connectivity index (χ1v) is 3.32. The van der Waals surface area contributed by atoms with Gasteiger partial charge in [-0.1, -0.05) is 6.08 Å². The average Bonchev–Trinajstić information content (AvgIpc) is 2.36. The molecule has 0 unspecified atom stereocenters. The van der Waals surface area contributed by atoms with Gasteiger partial charge in [-0.3, -0.25) is 0 Å². The molecular weight excluding hydrogens is 114 g/mol. The van der Waals surface area contributed by atoms with E-state index < -0.39 is 0 Å². The average molecular weight is 127 g/mol. The van der Waals surface area contributed by atoms with Crippen molar-refractivity contribution in [3.05, 3.63) is 12.7 Å². The molecule has 0 aromatic carbocycles. The fourth-order valence-corrected chi connectivity index (χ4v) is 1.20. The molecule has 2 nitrogen and oxygen atoms in total. The molecule has 2 heteroatoms. The number of hydrogen-bond acceptors (Lipinski definition) is 2. The first-order valence-electron chi connectivity index (χ1n) is 3.32. The molecule has 0 radical (unpaired) electrons. The number of aliphatic hydroxyl groups excluding tert-OH is 1. The summed E-state index contributed by atoms with van der Waals surface area (Å²) in [6.45, 7) is 4.85. The Kier molecular flexibility index (Phi) is 1.88. The molecule has 1 saturated heterocycles. The highest BCUT2D eigenvalue weighted by atomic mass is 16.3. The van der Waals surface area contributed by atoms with E-state index in [-0.39, 0.29) is 12.1 Å². The van der Waals surface area contributed by atoms with Crippen molar-refractivity contribution in [3.63, 3.8) is 0 Å². The molecule has 1 fully saturated rings. The van der Waals surface area contributed by atoms with Gasteiger partial charge in [-0.15, -0.1) is 6.58 Å². The van der Waals surface area contributed by atoms with Gasteiger partial charge in [0.1, 0.15) is 0 Å². The third kappa shape index (κ3) is 1.14. The zero-order valence-corrected chi connectivity index (χ0v) is 5.56. The zero-order valence-electron chi connectivity index (χ0n) is 5.56. The molecule has 1 atom stereocenters. The Morgan fingerprint density at radius 1 is 1.78 bits per heavy atom. The Labute approximate surface area is 55.6 Å². The van der Waals surface area contributed by atoms with Gasteiger partial charge >= 0.3 is 0 Å². The topological polar surface area (TPSA) is 32.3 Å². The van der Waals surface area contributed by atoms with E-state index in [0.717, 1.165) is 19.4 Å². The van der Waals surface area contributed by atoms with Gasteiger partial charge in [0, 0.05) is 0 Å². The molecule has 0 aromatic rings. The summed E-state index contributed by atoms with van der Waals surface area (Å²) in [5, 5.41) is 12.1. The lowest BCUT2D eigenvalue weighted by atomic mass is 9.99. The van der Waals surface area contributed by atoms with Crippen LogP contribution in [0.1, 0.15) is 12.8 Å². The van der Waals surface area contributed by atoms with Crippen molar-refractivity contribution in [2.24, 2.45) is 0 Å². The Hall–Kier alpha value is -0.340. The normalized spacial score (nSPS) is 34.8. The predicted octanol–water partition coefficient (Wildman–Crippen LogP) is 0.287. The van der Waals surface area contributed by atoms with Crippen molar-refractivity contribution < 1.29 is 5.11 Å². The van der Waals surface area contributed by atoms with Crippen LogP contribution < -0.4 is 5.32 Å². The molecule has 1 aliphatic rings. The number of hydrogen-bond donors (Lipinski definition) is 2. The molecule has 0 saturated carbocycles. The first kappa shape index (κ1) is 6.78. The van der Waals surface area contributed by atoms with E-state index in [1.807, 2.05) is 0 Å². The summed E-state index contributed by atoms with van der Waals surface area (Å²) in [5.74, 6) is 0. The van der Waals surface area contributed by atoms with Crippen LogP contribution in [-0.2, 0) is 0 Å². The van der Waals surface area contributed by atoms with Gasteiger partial charge in [0.2, 0.25) is 0 Å². The second-order valence-corrected chi connectivity index (χ2v) is 2.55. The zero-order chi connectivity index (χ0) is 6.74. The number of rotatable bonds is 2. The molecule has 1 aliphatic heterocycles. The maximum absolute atomic E-state index is 8.88. The predicted molar refractivity (Wildman–Crippen MR) is 37.3 cm³/mol. The van der Waals surface area contributed by atoms with Crippen LogP contribution in [0.3, 0.4) is 0 Å². The van der Waals surface area contributed by atoms with Gasteiger partial charge < -0.3 is 10.4 Å². The molecule has 1 heterocycles. The van der Waals surface area contributed by atoms with E-state index in [1.54, 1.807) is 6.08 Å². The third-order valence-corrected chi connectivity index (χ3v) is 1.95. The van der Waals surface area contributed by atoms with E-state index >= 15 is 0 Å². The highest BCUT2D eigenvalue weighted by Crippen LogP contribution is 2.18. The summed E-state index contributed by atoms with van der Waals surface area (Å²) in [6.07, 6.45) is 3.97. The highest BCUT2D eigenvalue weighted by molar-refractivity contribution is 5.05. The van der Waals surface area contributed by atoms with Crippen LogP contribution in [0.5, 0.6) is 0 Å². The molecular formula is C7H13NO. The second kappa shape index (κ2) is 2.50. The molecule has 1 rings (SSSR count). The second-order valence-electron chi connectivity index (χ2n) is 2.55.